The third-order valence-electron chi connectivity index (χ3n) is 2.82. The first-order valence-electron chi connectivity index (χ1n) is 5.82. The van der Waals surface area contributed by atoms with Gasteiger partial charge in [0.15, 0.2) is 5.78 Å². The molecule has 0 aliphatic carbocycles. The van der Waals surface area contributed by atoms with E-state index in [0.29, 0.717) is 11.3 Å². The molecule has 0 aromatic heterocycles. The fraction of sp³-hybridized carbons (Fsp3) is 0.133. The Hall–Kier alpha value is -1.39. The zero-order valence-electron chi connectivity index (χ0n) is 10.6. The van der Waals surface area contributed by atoms with Gasteiger partial charge in [0, 0.05) is 12.0 Å². The maximum absolute atomic E-state index is 13.1. The summed E-state index contributed by atoms with van der Waals surface area (Å²) in [7, 11) is 1.57. The molecule has 0 fully saturated rings. The van der Waals surface area contributed by atoms with Gasteiger partial charge in [-0.15, -0.1) is 0 Å². The third kappa shape index (κ3) is 3.38. The fourth-order valence-corrected chi connectivity index (χ4v) is 2.55. The SMILES string of the molecule is COc1ccc(CC(=O)c2ccc(F)c(Cl)c2)cc1Br. The molecular weight excluding hydrogens is 347 g/mol. The van der Waals surface area contributed by atoms with Crippen LogP contribution in [0.4, 0.5) is 4.39 Å². The van der Waals surface area contributed by atoms with Gasteiger partial charge < -0.3 is 4.74 Å². The standard InChI is InChI=1S/C15H11BrClFO2/c1-20-15-5-2-9(6-11(15)16)7-14(19)10-3-4-13(18)12(17)8-10/h2-6,8H,7H2,1H3. The first-order chi connectivity index (χ1) is 9.51. The number of hydrogen-bond acceptors (Lipinski definition) is 2. The second kappa shape index (κ2) is 6.37. The highest BCUT2D eigenvalue weighted by molar-refractivity contribution is 9.10. The van der Waals surface area contributed by atoms with Crippen LogP contribution in [0.2, 0.25) is 5.02 Å². The highest BCUT2D eigenvalue weighted by Gasteiger charge is 2.11. The van der Waals surface area contributed by atoms with E-state index in [9.17, 15) is 9.18 Å². The van der Waals surface area contributed by atoms with Crippen molar-refractivity contribution in [2.75, 3.05) is 7.11 Å². The lowest BCUT2D eigenvalue weighted by atomic mass is 10.0. The van der Waals surface area contributed by atoms with Crippen LogP contribution in [0.15, 0.2) is 40.9 Å². The minimum absolute atomic E-state index is 0.0493. The van der Waals surface area contributed by atoms with Gasteiger partial charge in [-0.3, -0.25) is 4.79 Å². The quantitative estimate of drug-likeness (QED) is 0.743. The van der Waals surface area contributed by atoms with Gasteiger partial charge in [-0.25, -0.2) is 4.39 Å². The van der Waals surface area contributed by atoms with Crippen LogP contribution in [0, 0.1) is 5.82 Å². The molecule has 2 aromatic carbocycles. The molecule has 20 heavy (non-hydrogen) atoms. The van der Waals surface area contributed by atoms with Gasteiger partial charge >= 0.3 is 0 Å². The van der Waals surface area contributed by atoms with Gasteiger partial charge in [-0.1, -0.05) is 17.7 Å². The molecule has 0 bridgehead atoms. The number of Topliss-reactive ketones (excluding diaryl/α,β-unsaturated/α-hetero) is 1. The molecule has 0 saturated heterocycles. The zero-order chi connectivity index (χ0) is 14.7. The van der Waals surface area contributed by atoms with E-state index in [0.717, 1.165) is 10.0 Å². The van der Waals surface area contributed by atoms with Gasteiger partial charge in [-0.05, 0) is 51.8 Å². The zero-order valence-corrected chi connectivity index (χ0v) is 13.0. The predicted octanol–water partition coefficient (Wildman–Crippen LogP) is 4.68. The lowest BCUT2D eigenvalue weighted by Crippen LogP contribution is -2.04. The van der Waals surface area contributed by atoms with Crippen molar-refractivity contribution in [3.63, 3.8) is 0 Å². The van der Waals surface area contributed by atoms with Crippen LogP contribution in [-0.4, -0.2) is 12.9 Å². The summed E-state index contributed by atoms with van der Waals surface area (Å²) in [4.78, 5) is 12.1. The Kier molecular flexibility index (Phi) is 4.78. The summed E-state index contributed by atoms with van der Waals surface area (Å²) in [6.45, 7) is 0. The maximum Gasteiger partial charge on any atom is 0.167 e. The van der Waals surface area contributed by atoms with Crippen LogP contribution < -0.4 is 4.74 Å². The van der Waals surface area contributed by atoms with Crippen molar-refractivity contribution in [2.45, 2.75) is 6.42 Å². The summed E-state index contributed by atoms with van der Waals surface area (Å²) in [6, 6.07) is 9.39. The second-order valence-corrected chi connectivity index (χ2v) is 5.46. The predicted molar refractivity (Wildman–Crippen MR) is 80.1 cm³/mol. The molecule has 2 aromatic rings. The van der Waals surface area contributed by atoms with Gasteiger partial charge in [0.2, 0.25) is 0 Å². The molecule has 2 nitrogen and oxygen atoms in total. The summed E-state index contributed by atoms with van der Waals surface area (Å²) in [5.41, 5.74) is 1.23. The van der Waals surface area contributed by atoms with E-state index in [-0.39, 0.29) is 17.2 Å². The Morgan fingerprint density at radius 1 is 1.30 bits per heavy atom. The number of carbonyl (C=O) groups excluding carboxylic acids is 1. The van der Waals surface area contributed by atoms with Crippen molar-refractivity contribution in [1.82, 2.24) is 0 Å². The van der Waals surface area contributed by atoms with Crippen LogP contribution in [0.3, 0.4) is 0 Å². The summed E-state index contributed by atoms with van der Waals surface area (Å²) >= 11 is 9.04. The highest BCUT2D eigenvalue weighted by Crippen LogP contribution is 2.26. The average molecular weight is 358 g/mol. The lowest BCUT2D eigenvalue weighted by Gasteiger charge is -2.06. The number of rotatable bonds is 4. The van der Waals surface area contributed by atoms with E-state index >= 15 is 0 Å². The first-order valence-corrected chi connectivity index (χ1v) is 6.99. The normalized spacial score (nSPS) is 10.4. The largest absolute Gasteiger partial charge is 0.496 e. The van der Waals surface area contributed by atoms with Gasteiger partial charge in [0.25, 0.3) is 0 Å². The minimum Gasteiger partial charge on any atom is -0.496 e. The van der Waals surface area contributed by atoms with E-state index in [2.05, 4.69) is 15.9 Å². The molecule has 5 heteroatoms. The van der Waals surface area contributed by atoms with Crippen molar-refractivity contribution in [1.29, 1.82) is 0 Å². The molecule has 0 saturated carbocycles. The van der Waals surface area contributed by atoms with Crippen molar-refractivity contribution >= 4 is 33.3 Å². The van der Waals surface area contributed by atoms with Crippen molar-refractivity contribution in [3.8, 4) is 5.75 Å². The topological polar surface area (TPSA) is 26.3 Å². The number of ether oxygens (including phenoxy) is 1. The highest BCUT2D eigenvalue weighted by atomic mass is 79.9. The average Bonchev–Trinajstić information content (AvgIpc) is 2.42. The number of carbonyl (C=O) groups is 1. The monoisotopic (exact) mass is 356 g/mol. The number of hydrogen-bond donors (Lipinski definition) is 0. The van der Waals surface area contributed by atoms with Crippen LogP contribution in [-0.2, 0) is 6.42 Å². The molecule has 2 rings (SSSR count). The smallest absolute Gasteiger partial charge is 0.167 e. The molecule has 0 aliphatic rings. The number of benzene rings is 2. The van der Waals surface area contributed by atoms with Crippen LogP contribution in [0.5, 0.6) is 5.75 Å². The molecular formula is C15H11BrClFO2. The first kappa shape index (κ1) is 15.0. The van der Waals surface area contributed by atoms with Crippen molar-refractivity contribution in [3.05, 3.63) is 62.8 Å². The molecule has 0 heterocycles. The molecule has 0 aliphatic heterocycles. The van der Waals surface area contributed by atoms with Crippen molar-refractivity contribution in [2.24, 2.45) is 0 Å². The van der Waals surface area contributed by atoms with Crippen LogP contribution >= 0.6 is 27.5 Å². The third-order valence-corrected chi connectivity index (χ3v) is 3.73. The summed E-state index contributed by atoms with van der Waals surface area (Å²) in [5, 5.41) is -0.0493. The second-order valence-electron chi connectivity index (χ2n) is 4.20. The summed E-state index contributed by atoms with van der Waals surface area (Å²) < 4.78 is 19.0. The summed E-state index contributed by atoms with van der Waals surface area (Å²) in [5.74, 6) is 0.0467. The molecule has 0 spiro atoms. The van der Waals surface area contributed by atoms with E-state index in [1.807, 2.05) is 12.1 Å². The fourth-order valence-electron chi connectivity index (χ4n) is 1.78. The van der Waals surface area contributed by atoms with Crippen molar-refractivity contribution < 1.29 is 13.9 Å². The Morgan fingerprint density at radius 3 is 2.65 bits per heavy atom. The molecule has 0 N–H and O–H groups in total. The van der Waals surface area contributed by atoms with Gasteiger partial charge in [0.1, 0.15) is 11.6 Å². The molecule has 104 valence electrons. The van der Waals surface area contributed by atoms with E-state index < -0.39 is 5.82 Å². The van der Waals surface area contributed by atoms with E-state index in [4.69, 9.17) is 16.3 Å². The lowest BCUT2D eigenvalue weighted by molar-refractivity contribution is 0.0993. The Labute approximate surface area is 129 Å². The van der Waals surface area contributed by atoms with Crippen LogP contribution in [0.25, 0.3) is 0 Å². The maximum atomic E-state index is 13.1. The Morgan fingerprint density at radius 2 is 2.05 bits per heavy atom. The van der Waals surface area contributed by atoms with E-state index in [1.165, 1.54) is 18.2 Å². The molecule has 0 unspecified atom stereocenters. The number of methoxy groups -OCH3 is 1. The van der Waals surface area contributed by atoms with Crippen LogP contribution in [0.1, 0.15) is 15.9 Å². The van der Waals surface area contributed by atoms with E-state index in [1.54, 1.807) is 13.2 Å². The summed E-state index contributed by atoms with van der Waals surface area (Å²) in [6.07, 6.45) is 0.213. The molecule has 0 atom stereocenters. The molecule has 0 amide bonds. The van der Waals surface area contributed by atoms with Gasteiger partial charge in [-0.2, -0.15) is 0 Å². The Bertz CT molecular complexity index is 658. The number of ketones is 1. The number of halogens is 3. The minimum atomic E-state index is -0.532. The molecule has 0 radical (unpaired) electrons. The Balaban J connectivity index is 2.19. The van der Waals surface area contributed by atoms with Gasteiger partial charge in [0.05, 0.1) is 16.6 Å².